The number of nitrogens with one attached hydrogen (secondary N) is 1. The van der Waals surface area contributed by atoms with Crippen molar-refractivity contribution in [2.75, 3.05) is 13.7 Å². The van der Waals surface area contributed by atoms with Crippen molar-refractivity contribution < 1.29 is 9.53 Å². The molecule has 1 aromatic carbocycles. The molecule has 1 amide bonds. The number of fused-ring (bicyclic) bond motifs is 1. The molecule has 0 saturated heterocycles. The molecular weight excluding hydrogens is 280 g/mol. The monoisotopic (exact) mass is 300 g/mol. The number of pyridine rings is 1. The zero-order valence-electron chi connectivity index (χ0n) is 12.7. The van der Waals surface area contributed by atoms with Crippen molar-refractivity contribution in [3.05, 3.63) is 40.7 Å². The van der Waals surface area contributed by atoms with Crippen molar-refractivity contribution >= 4 is 16.8 Å². The van der Waals surface area contributed by atoms with E-state index in [1.807, 2.05) is 30.1 Å². The Balaban J connectivity index is 1.50. The van der Waals surface area contributed by atoms with E-state index in [4.69, 9.17) is 4.74 Å². The van der Waals surface area contributed by atoms with Crippen molar-refractivity contribution in [1.29, 1.82) is 0 Å². The first-order chi connectivity index (χ1) is 10.6. The first kappa shape index (κ1) is 14.6. The Morgan fingerprint density at radius 1 is 1.32 bits per heavy atom. The van der Waals surface area contributed by atoms with Crippen LogP contribution < -0.4 is 10.3 Å². The molecule has 1 saturated carbocycles. The van der Waals surface area contributed by atoms with Crippen LogP contribution in [0.5, 0.6) is 5.75 Å². The highest BCUT2D eigenvalue weighted by atomic mass is 16.5. The molecule has 22 heavy (non-hydrogen) atoms. The molecule has 0 aliphatic heterocycles. The molecule has 1 aliphatic rings. The Hall–Kier alpha value is -2.30. The van der Waals surface area contributed by atoms with Gasteiger partial charge in [0.05, 0.1) is 6.61 Å². The first-order valence-electron chi connectivity index (χ1n) is 7.65. The summed E-state index contributed by atoms with van der Waals surface area (Å²) in [4.78, 5) is 27.7. The summed E-state index contributed by atoms with van der Waals surface area (Å²) in [6.45, 7) is 0.513. The number of ether oxygens (including phenoxy) is 1. The molecule has 1 N–H and O–H groups in total. The van der Waals surface area contributed by atoms with Gasteiger partial charge in [-0.25, -0.2) is 0 Å². The fraction of sp³-hybridized carbons (Fsp3) is 0.412. The summed E-state index contributed by atoms with van der Waals surface area (Å²) >= 11 is 0. The summed E-state index contributed by atoms with van der Waals surface area (Å²) < 4.78 is 5.69. The van der Waals surface area contributed by atoms with Gasteiger partial charge in [0.25, 0.3) is 0 Å². The highest BCUT2D eigenvalue weighted by molar-refractivity contribution is 5.79. The third kappa shape index (κ3) is 3.47. The Morgan fingerprint density at radius 2 is 2.14 bits per heavy atom. The molecule has 1 heterocycles. The Labute approximate surface area is 128 Å². The minimum absolute atomic E-state index is 0.112. The van der Waals surface area contributed by atoms with Crippen LogP contribution >= 0.6 is 0 Å². The average molecular weight is 300 g/mol. The zero-order valence-corrected chi connectivity index (χ0v) is 12.7. The van der Waals surface area contributed by atoms with E-state index in [1.165, 1.54) is 6.07 Å². The van der Waals surface area contributed by atoms with Crippen LogP contribution in [-0.4, -0.2) is 35.5 Å². The van der Waals surface area contributed by atoms with Crippen LogP contribution in [0.2, 0.25) is 0 Å². The van der Waals surface area contributed by atoms with Crippen molar-refractivity contribution in [1.82, 2.24) is 9.88 Å². The molecular formula is C17H20N2O3. The number of aromatic nitrogens is 1. The van der Waals surface area contributed by atoms with E-state index in [1.54, 1.807) is 6.07 Å². The number of nitrogens with zero attached hydrogens (tertiary/aromatic N) is 1. The van der Waals surface area contributed by atoms with Crippen molar-refractivity contribution in [3.63, 3.8) is 0 Å². The lowest BCUT2D eigenvalue weighted by Gasteiger charge is -2.16. The number of aromatic amines is 1. The van der Waals surface area contributed by atoms with E-state index in [9.17, 15) is 9.59 Å². The van der Waals surface area contributed by atoms with E-state index in [-0.39, 0.29) is 11.5 Å². The lowest BCUT2D eigenvalue weighted by Crippen LogP contribution is -2.28. The number of amides is 1. The molecule has 1 aromatic heterocycles. The maximum absolute atomic E-state index is 11.9. The molecule has 2 aromatic rings. The molecule has 5 heteroatoms. The largest absolute Gasteiger partial charge is 0.494 e. The summed E-state index contributed by atoms with van der Waals surface area (Å²) in [6, 6.07) is 9.29. The maximum atomic E-state index is 11.9. The quantitative estimate of drug-likeness (QED) is 0.833. The van der Waals surface area contributed by atoms with E-state index in [2.05, 4.69) is 4.98 Å². The fourth-order valence-electron chi connectivity index (χ4n) is 2.48. The van der Waals surface area contributed by atoms with Crippen molar-refractivity contribution in [2.45, 2.75) is 31.7 Å². The van der Waals surface area contributed by atoms with Gasteiger partial charge in [0.1, 0.15) is 5.75 Å². The minimum Gasteiger partial charge on any atom is -0.494 e. The van der Waals surface area contributed by atoms with E-state index >= 15 is 0 Å². The molecule has 0 unspecified atom stereocenters. The SMILES string of the molecule is CN(C(=O)CCCOc1ccc2[nH]c(=O)ccc2c1)C1CC1. The second kappa shape index (κ2) is 6.22. The normalized spacial score (nSPS) is 14.0. The van der Waals surface area contributed by atoms with Gasteiger partial charge in [-0.15, -0.1) is 0 Å². The number of carbonyl (C=O) groups excluding carboxylic acids is 1. The molecule has 0 bridgehead atoms. The highest BCUT2D eigenvalue weighted by Gasteiger charge is 2.28. The molecule has 1 aliphatic carbocycles. The van der Waals surface area contributed by atoms with Crippen LogP contribution in [0.15, 0.2) is 35.1 Å². The first-order valence-corrected chi connectivity index (χ1v) is 7.65. The maximum Gasteiger partial charge on any atom is 0.248 e. The molecule has 5 nitrogen and oxygen atoms in total. The summed E-state index contributed by atoms with van der Waals surface area (Å²) in [7, 11) is 1.88. The van der Waals surface area contributed by atoms with Gasteiger partial charge in [-0.3, -0.25) is 9.59 Å². The second-order valence-corrected chi connectivity index (χ2v) is 5.76. The van der Waals surface area contributed by atoms with Gasteiger partial charge in [0.2, 0.25) is 11.5 Å². The van der Waals surface area contributed by atoms with Crippen LogP contribution in [0.25, 0.3) is 10.9 Å². The average Bonchev–Trinajstić information content (AvgIpc) is 3.35. The lowest BCUT2D eigenvalue weighted by molar-refractivity contribution is -0.130. The molecule has 0 spiro atoms. The van der Waals surface area contributed by atoms with Gasteiger partial charge >= 0.3 is 0 Å². The smallest absolute Gasteiger partial charge is 0.248 e. The Kier molecular flexibility index (Phi) is 4.13. The van der Waals surface area contributed by atoms with Crippen molar-refractivity contribution in [2.24, 2.45) is 0 Å². The van der Waals surface area contributed by atoms with Crippen LogP contribution in [0.1, 0.15) is 25.7 Å². The van der Waals surface area contributed by atoms with Crippen LogP contribution in [0.4, 0.5) is 0 Å². The second-order valence-electron chi connectivity index (χ2n) is 5.76. The van der Waals surface area contributed by atoms with E-state index < -0.39 is 0 Å². The summed E-state index contributed by atoms with van der Waals surface area (Å²) in [6.07, 6.45) is 3.50. The number of rotatable bonds is 6. The number of H-pyrrole nitrogens is 1. The molecule has 3 rings (SSSR count). The predicted octanol–water partition coefficient (Wildman–Crippen LogP) is 2.31. The molecule has 116 valence electrons. The number of benzene rings is 1. The Bertz CT molecular complexity index is 734. The van der Waals surface area contributed by atoms with Crippen LogP contribution in [-0.2, 0) is 4.79 Å². The van der Waals surface area contributed by atoms with E-state index in [0.717, 1.165) is 29.5 Å². The van der Waals surface area contributed by atoms with E-state index in [0.29, 0.717) is 25.5 Å². The zero-order chi connectivity index (χ0) is 15.5. The number of hydrogen-bond donors (Lipinski definition) is 1. The van der Waals surface area contributed by atoms with Gasteiger partial charge in [-0.2, -0.15) is 0 Å². The lowest BCUT2D eigenvalue weighted by atomic mass is 10.2. The van der Waals surface area contributed by atoms with Gasteiger partial charge in [0, 0.05) is 36.5 Å². The molecule has 0 radical (unpaired) electrons. The highest BCUT2D eigenvalue weighted by Crippen LogP contribution is 2.26. The number of hydrogen-bond acceptors (Lipinski definition) is 3. The fourth-order valence-corrected chi connectivity index (χ4v) is 2.48. The number of carbonyl (C=O) groups is 1. The topological polar surface area (TPSA) is 62.4 Å². The van der Waals surface area contributed by atoms with Gasteiger partial charge in [0.15, 0.2) is 0 Å². The summed E-state index contributed by atoms with van der Waals surface area (Å²) in [5.41, 5.74) is 0.681. The molecule has 0 atom stereocenters. The van der Waals surface area contributed by atoms with Crippen LogP contribution in [0.3, 0.4) is 0 Å². The Morgan fingerprint density at radius 3 is 2.91 bits per heavy atom. The van der Waals surface area contributed by atoms with Crippen molar-refractivity contribution in [3.8, 4) is 5.75 Å². The van der Waals surface area contributed by atoms with Gasteiger partial charge in [-0.1, -0.05) is 0 Å². The van der Waals surface area contributed by atoms with Crippen LogP contribution in [0, 0.1) is 0 Å². The predicted molar refractivity (Wildman–Crippen MR) is 85.1 cm³/mol. The summed E-state index contributed by atoms with van der Waals surface area (Å²) in [5, 5.41) is 0.932. The molecule has 1 fully saturated rings. The third-order valence-corrected chi connectivity index (χ3v) is 3.99. The minimum atomic E-state index is -0.112. The third-order valence-electron chi connectivity index (χ3n) is 3.99. The van der Waals surface area contributed by atoms with Gasteiger partial charge in [-0.05, 0) is 43.5 Å². The standard InChI is InChI=1S/C17H20N2O3/c1-19(13-5-6-13)17(21)3-2-10-22-14-7-8-15-12(11-14)4-9-16(20)18-15/h4,7-9,11,13H,2-3,5-6,10H2,1H3,(H,18,20). The van der Waals surface area contributed by atoms with Gasteiger partial charge < -0.3 is 14.6 Å². The summed E-state index contributed by atoms with van der Waals surface area (Å²) in [5.74, 6) is 0.949.